The van der Waals surface area contributed by atoms with E-state index >= 15 is 0 Å². The Balaban J connectivity index is 1.18. The zero-order chi connectivity index (χ0) is 21.2. The van der Waals surface area contributed by atoms with E-state index in [1.165, 1.54) is 9.71 Å². The molecule has 0 amide bonds. The first-order chi connectivity index (χ1) is 15.2. The number of fused-ring (bicyclic) bond motifs is 2. The molecule has 0 atom stereocenters. The van der Waals surface area contributed by atoms with Crippen LogP contribution in [0, 0.1) is 0 Å². The van der Waals surface area contributed by atoms with Crippen LogP contribution in [0.25, 0.3) is 21.1 Å². The fraction of sp³-hybridized carbons (Fsp3) is 0.375. The van der Waals surface area contributed by atoms with Gasteiger partial charge in [0.2, 0.25) is 5.95 Å². The molecule has 31 heavy (non-hydrogen) atoms. The molecule has 1 saturated carbocycles. The number of hydrogen-bond acceptors (Lipinski definition) is 7. The zero-order valence-electron chi connectivity index (χ0n) is 18.0. The van der Waals surface area contributed by atoms with Crippen LogP contribution < -0.4 is 15.5 Å². The van der Waals surface area contributed by atoms with Gasteiger partial charge in [-0.3, -0.25) is 0 Å². The van der Waals surface area contributed by atoms with E-state index in [2.05, 4.69) is 45.9 Å². The molecular formula is C24H28N6S. The molecule has 0 bridgehead atoms. The number of hydrogen-bond donors (Lipinski definition) is 2. The van der Waals surface area contributed by atoms with Crippen molar-refractivity contribution in [3.05, 3.63) is 53.5 Å². The van der Waals surface area contributed by atoms with Crippen molar-refractivity contribution in [1.82, 2.24) is 20.3 Å². The lowest BCUT2D eigenvalue weighted by atomic mass is 9.91. The molecule has 1 aliphatic rings. The molecular weight excluding hydrogens is 404 g/mol. The maximum Gasteiger partial charge on any atom is 0.225 e. The lowest BCUT2D eigenvalue weighted by Crippen LogP contribution is -2.36. The van der Waals surface area contributed by atoms with Crippen LogP contribution in [0.2, 0.25) is 0 Å². The van der Waals surface area contributed by atoms with Crippen molar-refractivity contribution in [1.29, 1.82) is 0 Å². The van der Waals surface area contributed by atoms with Crippen molar-refractivity contribution in [2.45, 2.75) is 44.3 Å². The van der Waals surface area contributed by atoms with Gasteiger partial charge in [0.25, 0.3) is 0 Å². The van der Waals surface area contributed by atoms with Crippen molar-refractivity contribution < 1.29 is 0 Å². The van der Waals surface area contributed by atoms with Crippen LogP contribution in [-0.4, -0.2) is 41.1 Å². The van der Waals surface area contributed by atoms with Gasteiger partial charge in [-0.25, -0.2) is 9.97 Å². The van der Waals surface area contributed by atoms with E-state index in [0.29, 0.717) is 12.1 Å². The molecule has 0 unspecified atom stereocenters. The van der Waals surface area contributed by atoms with Crippen LogP contribution in [0.1, 0.15) is 30.7 Å². The van der Waals surface area contributed by atoms with Crippen molar-refractivity contribution in [2.75, 3.05) is 24.3 Å². The Morgan fingerprint density at radius 3 is 2.35 bits per heavy atom. The molecule has 0 aliphatic heterocycles. The molecule has 1 aliphatic carbocycles. The third kappa shape index (κ3) is 4.48. The number of thiazole rings is 1. The van der Waals surface area contributed by atoms with Gasteiger partial charge in [0.1, 0.15) is 10.8 Å². The first kappa shape index (κ1) is 20.2. The van der Waals surface area contributed by atoms with Crippen LogP contribution in [0.3, 0.4) is 0 Å². The summed E-state index contributed by atoms with van der Waals surface area (Å²) in [6.45, 7) is 0.849. The van der Waals surface area contributed by atoms with Crippen molar-refractivity contribution >= 4 is 44.2 Å². The summed E-state index contributed by atoms with van der Waals surface area (Å²) < 4.78 is 1.26. The average Bonchev–Trinajstić information content (AvgIpc) is 3.21. The second-order valence-corrected chi connectivity index (χ2v) is 9.55. The summed E-state index contributed by atoms with van der Waals surface area (Å²) in [6, 6.07) is 17.5. The largest absolute Gasteiger partial charge is 0.362 e. The van der Waals surface area contributed by atoms with E-state index in [0.717, 1.165) is 60.4 Å². The second kappa shape index (κ2) is 8.77. The van der Waals surface area contributed by atoms with Crippen LogP contribution in [-0.2, 0) is 6.54 Å². The summed E-state index contributed by atoms with van der Waals surface area (Å²) in [5.41, 5.74) is 2.08. The maximum absolute atomic E-state index is 4.79. The molecule has 0 radical (unpaired) electrons. The van der Waals surface area contributed by atoms with E-state index in [1.54, 1.807) is 11.3 Å². The van der Waals surface area contributed by atoms with Gasteiger partial charge in [0.05, 0.1) is 15.7 Å². The second-order valence-electron chi connectivity index (χ2n) is 8.43. The van der Waals surface area contributed by atoms with Crippen molar-refractivity contribution in [3.63, 3.8) is 0 Å². The van der Waals surface area contributed by atoms with E-state index in [4.69, 9.17) is 15.0 Å². The smallest absolute Gasteiger partial charge is 0.225 e. The third-order valence-electron chi connectivity index (χ3n) is 5.95. The standard InChI is InChI=1S/C24H28N6S/c1-30(2)23-18-7-3-4-8-19(18)28-24(29-23)26-17-13-11-16(12-14-17)25-15-22-27-20-9-5-6-10-21(20)31-22/h3-10,16-17,25H,11-15H2,1-2H3,(H,26,28,29). The molecule has 1 fully saturated rings. The molecule has 0 saturated heterocycles. The fourth-order valence-corrected chi connectivity index (χ4v) is 5.24. The highest BCUT2D eigenvalue weighted by molar-refractivity contribution is 7.18. The van der Waals surface area contributed by atoms with Gasteiger partial charge < -0.3 is 15.5 Å². The summed E-state index contributed by atoms with van der Waals surface area (Å²) in [7, 11) is 4.06. The Morgan fingerprint density at radius 2 is 1.58 bits per heavy atom. The number of rotatable bonds is 6. The predicted octanol–water partition coefficient (Wildman–Crippen LogP) is 4.82. The molecule has 2 N–H and O–H groups in total. The molecule has 5 rings (SSSR count). The van der Waals surface area contributed by atoms with Crippen LogP contribution in [0.15, 0.2) is 48.5 Å². The number of benzene rings is 2. The third-order valence-corrected chi connectivity index (χ3v) is 6.98. The summed E-state index contributed by atoms with van der Waals surface area (Å²) in [5, 5.41) is 9.56. The first-order valence-corrected chi connectivity index (χ1v) is 11.8. The lowest BCUT2D eigenvalue weighted by molar-refractivity contribution is 0.352. The first-order valence-electron chi connectivity index (χ1n) is 10.9. The SMILES string of the molecule is CN(C)c1nc(NC2CCC(NCc3nc4ccccc4s3)CC2)nc2ccccc12. The quantitative estimate of drug-likeness (QED) is 0.455. The minimum Gasteiger partial charge on any atom is -0.362 e. The minimum atomic E-state index is 0.414. The Bertz CT molecular complexity index is 1150. The lowest BCUT2D eigenvalue weighted by Gasteiger charge is -2.30. The van der Waals surface area contributed by atoms with E-state index < -0.39 is 0 Å². The van der Waals surface area contributed by atoms with Crippen molar-refractivity contribution in [2.24, 2.45) is 0 Å². The van der Waals surface area contributed by atoms with Gasteiger partial charge in [-0.2, -0.15) is 4.98 Å². The monoisotopic (exact) mass is 432 g/mol. The molecule has 160 valence electrons. The number of nitrogens with one attached hydrogen (secondary N) is 2. The number of aromatic nitrogens is 3. The van der Waals surface area contributed by atoms with E-state index in [-0.39, 0.29) is 0 Å². The minimum absolute atomic E-state index is 0.414. The van der Waals surface area contributed by atoms with E-state index in [9.17, 15) is 0 Å². The molecule has 0 spiro atoms. The van der Waals surface area contributed by atoms with Crippen LogP contribution in [0.4, 0.5) is 11.8 Å². The Kier molecular flexibility index (Phi) is 5.70. The Labute approximate surface area is 186 Å². The summed E-state index contributed by atoms with van der Waals surface area (Å²) >= 11 is 1.79. The molecule has 7 heteroatoms. The zero-order valence-corrected chi connectivity index (χ0v) is 18.8. The molecule has 6 nitrogen and oxygen atoms in total. The van der Waals surface area contributed by atoms with Gasteiger partial charge in [0.15, 0.2) is 0 Å². The van der Waals surface area contributed by atoms with Gasteiger partial charge in [-0.1, -0.05) is 24.3 Å². The van der Waals surface area contributed by atoms with E-state index in [1.807, 2.05) is 32.3 Å². The Morgan fingerprint density at radius 1 is 0.871 bits per heavy atom. The topological polar surface area (TPSA) is 66.0 Å². The number of para-hydroxylation sites is 2. The van der Waals surface area contributed by atoms with Gasteiger partial charge in [0, 0.05) is 38.1 Å². The number of nitrogens with zero attached hydrogens (tertiary/aromatic N) is 4. The molecule has 2 aromatic heterocycles. The van der Waals surface area contributed by atoms with Crippen LogP contribution in [0.5, 0.6) is 0 Å². The Hall–Kier alpha value is -2.77. The highest BCUT2D eigenvalue weighted by atomic mass is 32.1. The highest BCUT2D eigenvalue weighted by Gasteiger charge is 2.22. The summed E-state index contributed by atoms with van der Waals surface area (Å²) in [6.07, 6.45) is 4.53. The molecule has 2 aromatic carbocycles. The molecule has 4 aromatic rings. The fourth-order valence-electron chi connectivity index (χ4n) is 4.32. The average molecular weight is 433 g/mol. The number of anilines is 2. The predicted molar refractivity (Wildman–Crippen MR) is 130 cm³/mol. The van der Waals surface area contributed by atoms with Gasteiger partial charge >= 0.3 is 0 Å². The van der Waals surface area contributed by atoms with Crippen molar-refractivity contribution in [3.8, 4) is 0 Å². The maximum atomic E-state index is 4.79. The summed E-state index contributed by atoms with van der Waals surface area (Å²) in [5.74, 6) is 1.69. The highest BCUT2D eigenvalue weighted by Crippen LogP contribution is 2.27. The molecule has 2 heterocycles. The normalized spacial score (nSPS) is 19.0. The van der Waals surface area contributed by atoms with Crippen LogP contribution >= 0.6 is 11.3 Å². The van der Waals surface area contributed by atoms with Gasteiger partial charge in [-0.05, 0) is 49.9 Å². The summed E-state index contributed by atoms with van der Waals surface area (Å²) in [4.78, 5) is 16.3. The van der Waals surface area contributed by atoms with Gasteiger partial charge in [-0.15, -0.1) is 11.3 Å².